The van der Waals surface area contributed by atoms with Crippen molar-refractivity contribution in [2.75, 3.05) is 32.7 Å². The molecule has 0 aromatic carbocycles. The van der Waals surface area contributed by atoms with Gasteiger partial charge in [0.05, 0.1) is 6.42 Å². The van der Waals surface area contributed by atoms with Crippen LogP contribution >= 0.6 is 0 Å². The lowest BCUT2D eigenvalue weighted by molar-refractivity contribution is -0.137. The summed E-state index contributed by atoms with van der Waals surface area (Å²) in [4.78, 5) is 26.5. The van der Waals surface area contributed by atoms with Crippen LogP contribution in [0.25, 0.3) is 0 Å². The van der Waals surface area contributed by atoms with Crippen LogP contribution in [0.15, 0.2) is 0 Å². The number of hydrogen-bond donors (Lipinski definition) is 1. The highest BCUT2D eigenvalue weighted by molar-refractivity contribution is 5.76. The van der Waals surface area contributed by atoms with Crippen molar-refractivity contribution in [3.63, 3.8) is 0 Å². The van der Waals surface area contributed by atoms with Gasteiger partial charge in [0, 0.05) is 32.6 Å². The van der Waals surface area contributed by atoms with E-state index in [-0.39, 0.29) is 12.3 Å². The van der Waals surface area contributed by atoms with E-state index in [4.69, 9.17) is 5.11 Å². The molecule has 0 unspecified atom stereocenters. The van der Waals surface area contributed by atoms with Gasteiger partial charge in [-0.05, 0) is 19.4 Å². The highest BCUT2D eigenvalue weighted by Gasteiger charge is 2.18. The molecule has 0 radical (unpaired) electrons. The molecule has 0 aromatic rings. The number of rotatable bonds is 6. The number of amides is 1. The molecule has 0 aromatic heterocycles. The Morgan fingerprint density at radius 1 is 1.11 bits per heavy atom. The van der Waals surface area contributed by atoms with Crippen LogP contribution in [-0.4, -0.2) is 59.5 Å². The van der Waals surface area contributed by atoms with Crippen molar-refractivity contribution < 1.29 is 14.7 Å². The van der Waals surface area contributed by atoms with Crippen LogP contribution in [0.1, 0.15) is 39.0 Å². The molecule has 1 amide bonds. The average Bonchev–Trinajstić information content (AvgIpc) is 2.58. The lowest BCUT2D eigenvalue weighted by atomic mass is 10.2. The van der Waals surface area contributed by atoms with Crippen LogP contribution in [0.2, 0.25) is 0 Å². The molecule has 1 rings (SSSR count). The van der Waals surface area contributed by atoms with Crippen LogP contribution in [0.3, 0.4) is 0 Å². The first-order valence-corrected chi connectivity index (χ1v) is 6.85. The number of unbranched alkanes of at least 4 members (excludes halogenated alkanes) is 1. The summed E-state index contributed by atoms with van der Waals surface area (Å²) in [6, 6.07) is 0. The second-order valence-electron chi connectivity index (χ2n) is 4.82. The van der Waals surface area contributed by atoms with E-state index in [1.165, 1.54) is 0 Å². The van der Waals surface area contributed by atoms with E-state index in [9.17, 15) is 9.59 Å². The Labute approximate surface area is 109 Å². The third-order valence-electron chi connectivity index (χ3n) is 3.33. The van der Waals surface area contributed by atoms with Gasteiger partial charge in [0.25, 0.3) is 0 Å². The van der Waals surface area contributed by atoms with E-state index in [0.717, 1.165) is 45.4 Å². The molecule has 0 bridgehead atoms. The number of carboxylic acids is 1. The summed E-state index contributed by atoms with van der Waals surface area (Å²) < 4.78 is 0. The van der Waals surface area contributed by atoms with Crippen molar-refractivity contribution >= 4 is 11.9 Å². The summed E-state index contributed by atoms with van der Waals surface area (Å²) in [7, 11) is 0. The topological polar surface area (TPSA) is 60.9 Å². The first-order valence-electron chi connectivity index (χ1n) is 6.85. The van der Waals surface area contributed by atoms with Crippen molar-refractivity contribution in [1.29, 1.82) is 0 Å². The second kappa shape index (κ2) is 8.08. The Bertz CT molecular complexity index is 281. The molecular formula is C13H24N2O3. The van der Waals surface area contributed by atoms with E-state index >= 15 is 0 Å². The SMILES string of the molecule is CCCCC(=O)N1CCCN(CCC(=O)O)CC1. The predicted molar refractivity (Wildman–Crippen MR) is 69.4 cm³/mol. The van der Waals surface area contributed by atoms with E-state index in [2.05, 4.69) is 11.8 Å². The second-order valence-corrected chi connectivity index (χ2v) is 4.82. The molecule has 18 heavy (non-hydrogen) atoms. The van der Waals surface area contributed by atoms with Gasteiger partial charge in [-0.3, -0.25) is 9.59 Å². The van der Waals surface area contributed by atoms with Crippen LogP contribution in [-0.2, 0) is 9.59 Å². The highest BCUT2D eigenvalue weighted by Crippen LogP contribution is 2.07. The minimum Gasteiger partial charge on any atom is -0.481 e. The molecule has 1 aliphatic rings. The Balaban J connectivity index is 2.31. The Morgan fingerprint density at radius 3 is 2.56 bits per heavy atom. The van der Waals surface area contributed by atoms with Gasteiger partial charge in [-0.25, -0.2) is 0 Å². The molecule has 1 heterocycles. The molecule has 0 atom stereocenters. The van der Waals surface area contributed by atoms with Gasteiger partial charge >= 0.3 is 5.97 Å². The first kappa shape index (κ1) is 15.0. The summed E-state index contributed by atoms with van der Waals surface area (Å²) in [6.45, 7) is 5.92. The lowest BCUT2D eigenvalue weighted by Crippen LogP contribution is -2.35. The van der Waals surface area contributed by atoms with Crippen LogP contribution in [0.5, 0.6) is 0 Å². The number of carboxylic acid groups (broad SMARTS) is 1. The van der Waals surface area contributed by atoms with Crippen molar-refractivity contribution in [2.24, 2.45) is 0 Å². The summed E-state index contributed by atoms with van der Waals surface area (Å²) in [5.74, 6) is -0.507. The van der Waals surface area contributed by atoms with Gasteiger partial charge in [0.2, 0.25) is 5.91 Å². The molecule has 5 nitrogen and oxygen atoms in total. The summed E-state index contributed by atoms with van der Waals surface area (Å²) in [5.41, 5.74) is 0. The first-order chi connectivity index (χ1) is 8.63. The zero-order chi connectivity index (χ0) is 13.4. The maximum absolute atomic E-state index is 11.9. The maximum Gasteiger partial charge on any atom is 0.304 e. The number of hydrogen-bond acceptors (Lipinski definition) is 3. The molecule has 1 saturated heterocycles. The van der Waals surface area contributed by atoms with Gasteiger partial charge in [-0.2, -0.15) is 0 Å². The van der Waals surface area contributed by atoms with Crippen molar-refractivity contribution in [2.45, 2.75) is 39.0 Å². The lowest BCUT2D eigenvalue weighted by Gasteiger charge is -2.21. The minimum absolute atomic E-state index is 0.184. The fourth-order valence-corrected chi connectivity index (χ4v) is 2.18. The molecule has 1 fully saturated rings. The predicted octanol–water partition coefficient (Wildman–Crippen LogP) is 1.19. The van der Waals surface area contributed by atoms with E-state index < -0.39 is 5.97 Å². The molecular weight excluding hydrogens is 232 g/mol. The van der Waals surface area contributed by atoms with Crippen LogP contribution in [0, 0.1) is 0 Å². The number of carbonyl (C=O) groups is 2. The zero-order valence-corrected chi connectivity index (χ0v) is 11.2. The van der Waals surface area contributed by atoms with Gasteiger partial charge in [0.1, 0.15) is 0 Å². The molecule has 0 saturated carbocycles. The molecule has 1 N–H and O–H groups in total. The zero-order valence-electron chi connectivity index (χ0n) is 11.2. The van der Waals surface area contributed by atoms with Crippen LogP contribution < -0.4 is 0 Å². The number of aliphatic carboxylic acids is 1. The van der Waals surface area contributed by atoms with Crippen molar-refractivity contribution in [1.82, 2.24) is 9.80 Å². The number of carbonyl (C=O) groups excluding carboxylic acids is 1. The van der Waals surface area contributed by atoms with Gasteiger partial charge in [-0.1, -0.05) is 13.3 Å². The van der Waals surface area contributed by atoms with Gasteiger partial charge in [0.15, 0.2) is 0 Å². The molecule has 104 valence electrons. The third-order valence-corrected chi connectivity index (χ3v) is 3.33. The Hall–Kier alpha value is -1.10. The van der Waals surface area contributed by atoms with E-state index in [1.807, 2.05) is 4.90 Å². The monoisotopic (exact) mass is 256 g/mol. The molecule has 0 spiro atoms. The highest BCUT2D eigenvalue weighted by atomic mass is 16.4. The third kappa shape index (κ3) is 5.49. The quantitative estimate of drug-likeness (QED) is 0.775. The van der Waals surface area contributed by atoms with Crippen LogP contribution in [0.4, 0.5) is 0 Å². The smallest absolute Gasteiger partial charge is 0.304 e. The largest absolute Gasteiger partial charge is 0.481 e. The van der Waals surface area contributed by atoms with E-state index in [0.29, 0.717) is 13.0 Å². The van der Waals surface area contributed by atoms with E-state index in [1.54, 1.807) is 0 Å². The summed E-state index contributed by atoms with van der Waals surface area (Å²) in [6.07, 6.45) is 3.77. The van der Waals surface area contributed by atoms with Crippen molar-refractivity contribution in [3.05, 3.63) is 0 Å². The number of nitrogens with zero attached hydrogens (tertiary/aromatic N) is 2. The molecule has 5 heteroatoms. The molecule has 0 aliphatic carbocycles. The summed E-state index contributed by atoms with van der Waals surface area (Å²) >= 11 is 0. The Kier molecular flexibility index (Phi) is 6.72. The fourth-order valence-electron chi connectivity index (χ4n) is 2.18. The normalized spacial score (nSPS) is 17.5. The average molecular weight is 256 g/mol. The van der Waals surface area contributed by atoms with Gasteiger partial charge < -0.3 is 14.9 Å². The molecule has 1 aliphatic heterocycles. The summed E-state index contributed by atoms with van der Waals surface area (Å²) in [5, 5.41) is 8.66. The fraction of sp³-hybridized carbons (Fsp3) is 0.846. The van der Waals surface area contributed by atoms with Crippen molar-refractivity contribution in [3.8, 4) is 0 Å². The minimum atomic E-state index is -0.755. The Morgan fingerprint density at radius 2 is 1.89 bits per heavy atom. The standard InChI is InChI=1S/C13H24N2O3/c1-2-3-5-12(16)15-8-4-7-14(10-11-15)9-6-13(17)18/h2-11H2,1H3,(H,17,18). The maximum atomic E-state index is 11.9. The van der Waals surface area contributed by atoms with Gasteiger partial charge in [-0.15, -0.1) is 0 Å².